The highest BCUT2D eigenvalue weighted by atomic mass is 32.2. The minimum Gasteiger partial charge on any atom is -0.355 e. The molecule has 0 fully saturated rings. The highest BCUT2D eigenvalue weighted by molar-refractivity contribution is 7.92. The summed E-state index contributed by atoms with van der Waals surface area (Å²) < 4.78 is 27.0. The first-order valence-corrected chi connectivity index (χ1v) is 15.4. The minimum absolute atomic E-state index is 0.105. The van der Waals surface area contributed by atoms with Crippen molar-refractivity contribution in [2.24, 2.45) is 0 Å². The molecule has 0 aliphatic carbocycles. The maximum atomic E-state index is 14.1. The summed E-state index contributed by atoms with van der Waals surface area (Å²) in [5.74, 6) is -0.745. The molecular formula is C32H41N3O4S. The first kappa shape index (κ1) is 30.9. The second-order valence-corrected chi connectivity index (χ2v) is 13.1. The third-order valence-corrected chi connectivity index (χ3v) is 7.94. The van der Waals surface area contributed by atoms with E-state index in [-0.39, 0.29) is 17.9 Å². The minimum atomic E-state index is -3.80. The molecule has 7 nitrogen and oxygen atoms in total. The Bertz CT molecular complexity index is 1380. The number of carbonyl (C=O) groups excluding carboxylic acids is 2. The van der Waals surface area contributed by atoms with Crippen molar-refractivity contribution in [2.75, 3.05) is 23.7 Å². The molecule has 8 heteroatoms. The molecule has 214 valence electrons. The van der Waals surface area contributed by atoms with E-state index in [1.807, 2.05) is 80.6 Å². The predicted molar refractivity (Wildman–Crippen MR) is 162 cm³/mol. The van der Waals surface area contributed by atoms with Gasteiger partial charge in [-0.1, -0.05) is 93.1 Å². The first-order chi connectivity index (χ1) is 18.8. The van der Waals surface area contributed by atoms with Crippen molar-refractivity contribution in [3.63, 3.8) is 0 Å². The summed E-state index contributed by atoms with van der Waals surface area (Å²) in [5.41, 5.74) is 4.17. The highest BCUT2D eigenvalue weighted by Crippen LogP contribution is 2.26. The zero-order chi connectivity index (χ0) is 29.5. The van der Waals surface area contributed by atoms with Crippen LogP contribution < -0.4 is 9.62 Å². The quantitative estimate of drug-likeness (QED) is 0.362. The molecule has 0 heterocycles. The van der Waals surface area contributed by atoms with Crippen LogP contribution in [0.5, 0.6) is 0 Å². The van der Waals surface area contributed by atoms with Gasteiger partial charge in [0.1, 0.15) is 12.6 Å². The summed E-state index contributed by atoms with van der Waals surface area (Å²) in [7, 11) is -3.80. The van der Waals surface area contributed by atoms with E-state index in [0.717, 1.165) is 32.8 Å². The number of hydrogen-bond donors (Lipinski definition) is 1. The molecule has 0 radical (unpaired) electrons. The van der Waals surface area contributed by atoms with E-state index in [1.165, 1.54) is 4.90 Å². The van der Waals surface area contributed by atoms with E-state index in [2.05, 4.69) is 26.1 Å². The molecule has 1 unspecified atom stereocenters. The maximum Gasteiger partial charge on any atom is 0.244 e. The van der Waals surface area contributed by atoms with Gasteiger partial charge in [-0.2, -0.15) is 0 Å². The van der Waals surface area contributed by atoms with Gasteiger partial charge < -0.3 is 10.2 Å². The Balaban J connectivity index is 2.02. The van der Waals surface area contributed by atoms with Crippen molar-refractivity contribution in [3.8, 4) is 0 Å². The summed E-state index contributed by atoms with van der Waals surface area (Å²) in [6.07, 6.45) is 1.39. The SMILES string of the molecule is CCNC(=O)C(Cc1ccccc1)N(Cc1ccc(C)cc1)C(=O)CN(c1ccc(C(C)(C)C)cc1)S(C)(=O)=O. The van der Waals surface area contributed by atoms with Crippen molar-refractivity contribution < 1.29 is 18.0 Å². The average molecular weight is 564 g/mol. The summed E-state index contributed by atoms with van der Waals surface area (Å²) in [6, 6.07) is 23.7. The molecule has 3 aromatic rings. The van der Waals surface area contributed by atoms with Gasteiger partial charge in [-0.25, -0.2) is 8.42 Å². The number of aryl methyl sites for hydroxylation is 1. The van der Waals surface area contributed by atoms with Crippen LogP contribution in [0.2, 0.25) is 0 Å². The summed E-state index contributed by atoms with van der Waals surface area (Å²) >= 11 is 0. The summed E-state index contributed by atoms with van der Waals surface area (Å²) in [4.78, 5) is 28.9. The van der Waals surface area contributed by atoms with Crippen LogP contribution in [0.15, 0.2) is 78.9 Å². The Labute approximate surface area is 239 Å². The van der Waals surface area contributed by atoms with Gasteiger partial charge in [0.15, 0.2) is 0 Å². The van der Waals surface area contributed by atoms with Crippen molar-refractivity contribution in [2.45, 2.75) is 59.0 Å². The second kappa shape index (κ2) is 13.1. The topological polar surface area (TPSA) is 86.8 Å². The predicted octanol–water partition coefficient (Wildman–Crippen LogP) is 4.83. The molecule has 0 saturated carbocycles. The molecule has 1 atom stereocenters. The van der Waals surface area contributed by atoms with Gasteiger partial charge in [-0.05, 0) is 48.1 Å². The Kier molecular flexibility index (Phi) is 10.1. The molecule has 0 saturated heterocycles. The lowest BCUT2D eigenvalue weighted by molar-refractivity contribution is -0.140. The van der Waals surface area contributed by atoms with Crippen LogP contribution in [0.4, 0.5) is 5.69 Å². The Morgan fingerprint density at radius 3 is 2.00 bits per heavy atom. The van der Waals surface area contributed by atoms with E-state index in [4.69, 9.17) is 0 Å². The number of anilines is 1. The van der Waals surface area contributed by atoms with Crippen molar-refractivity contribution in [3.05, 3.63) is 101 Å². The maximum absolute atomic E-state index is 14.1. The molecule has 0 spiro atoms. The Morgan fingerprint density at radius 1 is 0.875 bits per heavy atom. The fourth-order valence-electron chi connectivity index (χ4n) is 4.48. The number of hydrogen-bond acceptors (Lipinski definition) is 4. The lowest BCUT2D eigenvalue weighted by atomic mass is 9.87. The number of nitrogens with one attached hydrogen (secondary N) is 1. The van der Waals surface area contributed by atoms with Crippen LogP contribution in [0, 0.1) is 6.92 Å². The zero-order valence-corrected chi connectivity index (χ0v) is 25.2. The van der Waals surface area contributed by atoms with Crippen molar-refractivity contribution >= 4 is 27.5 Å². The molecule has 40 heavy (non-hydrogen) atoms. The fraction of sp³-hybridized carbons (Fsp3) is 0.375. The number of benzene rings is 3. The van der Waals surface area contributed by atoms with Gasteiger partial charge in [0.2, 0.25) is 21.8 Å². The average Bonchev–Trinajstić information content (AvgIpc) is 2.90. The summed E-state index contributed by atoms with van der Waals surface area (Å²) in [5, 5.41) is 2.87. The van der Waals surface area contributed by atoms with E-state index < -0.39 is 28.5 Å². The smallest absolute Gasteiger partial charge is 0.244 e. The lowest BCUT2D eigenvalue weighted by Crippen LogP contribution is -2.53. The van der Waals surface area contributed by atoms with Crippen molar-refractivity contribution in [1.82, 2.24) is 10.2 Å². The molecule has 3 aromatic carbocycles. The van der Waals surface area contributed by atoms with E-state index in [0.29, 0.717) is 18.7 Å². The molecule has 0 aromatic heterocycles. The molecule has 3 rings (SSSR count). The van der Waals surface area contributed by atoms with Gasteiger partial charge in [-0.3, -0.25) is 13.9 Å². The third-order valence-electron chi connectivity index (χ3n) is 6.80. The van der Waals surface area contributed by atoms with Crippen molar-refractivity contribution in [1.29, 1.82) is 0 Å². The standard InChI is InChI=1S/C32H41N3O4S/c1-7-33-31(37)29(21-25-11-9-8-10-12-25)34(22-26-15-13-24(2)14-16-26)30(36)23-35(40(6,38)39)28-19-17-27(18-20-28)32(3,4)5/h8-20,29H,7,21-23H2,1-6H3,(H,33,37). The van der Waals surface area contributed by atoms with Gasteiger partial charge >= 0.3 is 0 Å². The molecule has 0 aliphatic heterocycles. The number of carbonyl (C=O) groups is 2. The zero-order valence-electron chi connectivity index (χ0n) is 24.3. The van der Waals surface area contributed by atoms with Gasteiger partial charge in [-0.15, -0.1) is 0 Å². The molecule has 1 N–H and O–H groups in total. The van der Waals surface area contributed by atoms with Gasteiger partial charge in [0.25, 0.3) is 0 Å². The van der Waals surface area contributed by atoms with Crippen LogP contribution >= 0.6 is 0 Å². The third kappa shape index (κ3) is 8.42. The van der Waals surface area contributed by atoms with Crippen LogP contribution in [0.1, 0.15) is 49.9 Å². The number of sulfonamides is 1. The number of likely N-dealkylation sites (N-methyl/N-ethyl adjacent to an activating group) is 1. The van der Waals surface area contributed by atoms with Crippen LogP contribution in [-0.2, 0) is 38.0 Å². The van der Waals surface area contributed by atoms with Crippen LogP contribution in [0.3, 0.4) is 0 Å². The molecule has 2 amide bonds. The largest absolute Gasteiger partial charge is 0.355 e. The fourth-order valence-corrected chi connectivity index (χ4v) is 5.33. The van der Waals surface area contributed by atoms with E-state index in [9.17, 15) is 18.0 Å². The van der Waals surface area contributed by atoms with Gasteiger partial charge in [0.05, 0.1) is 11.9 Å². The van der Waals surface area contributed by atoms with Crippen LogP contribution in [-0.4, -0.2) is 50.5 Å². The van der Waals surface area contributed by atoms with Crippen LogP contribution in [0.25, 0.3) is 0 Å². The highest BCUT2D eigenvalue weighted by Gasteiger charge is 2.33. The molecular weight excluding hydrogens is 522 g/mol. The summed E-state index contributed by atoms with van der Waals surface area (Å²) in [6.45, 7) is 10.2. The number of amides is 2. The number of rotatable bonds is 11. The Morgan fingerprint density at radius 2 is 1.48 bits per heavy atom. The second-order valence-electron chi connectivity index (χ2n) is 11.2. The molecule has 0 aliphatic rings. The normalized spacial score (nSPS) is 12.4. The number of nitrogens with zero attached hydrogens (tertiary/aromatic N) is 2. The monoisotopic (exact) mass is 563 g/mol. The first-order valence-electron chi connectivity index (χ1n) is 13.5. The van der Waals surface area contributed by atoms with E-state index >= 15 is 0 Å². The van der Waals surface area contributed by atoms with E-state index in [1.54, 1.807) is 12.1 Å². The van der Waals surface area contributed by atoms with Gasteiger partial charge in [0, 0.05) is 19.5 Å². The molecule has 0 bridgehead atoms. The lowest BCUT2D eigenvalue weighted by Gasteiger charge is -2.33. The Hall–Kier alpha value is -3.65.